The summed E-state index contributed by atoms with van der Waals surface area (Å²) in [6.45, 7) is 3.18. The summed E-state index contributed by atoms with van der Waals surface area (Å²) in [5, 5.41) is 3.57. The lowest BCUT2D eigenvalue weighted by atomic mass is 10.0. The highest BCUT2D eigenvalue weighted by molar-refractivity contribution is 5.73. The number of anilines is 4. The lowest BCUT2D eigenvalue weighted by molar-refractivity contribution is 0.263. The van der Waals surface area contributed by atoms with E-state index in [9.17, 15) is 0 Å². The summed E-state index contributed by atoms with van der Waals surface area (Å²) in [6, 6.07) is 11.2. The van der Waals surface area contributed by atoms with E-state index in [1.165, 1.54) is 11.3 Å². The molecule has 1 aromatic carbocycles. The van der Waals surface area contributed by atoms with Crippen molar-refractivity contribution in [2.45, 2.75) is 31.3 Å². The highest BCUT2D eigenvalue weighted by atomic mass is 15.4. The molecule has 1 unspecified atom stereocenters. The molecule has 0 radical (unpaired) electrons. The van der Waals surface area contributed by atoms with E-state index in [0.29, 0.717) is 6.04 Å². The molecule has 1 fully saturated rings. The van der Waals surface area contributed by atoms with Crippen LogP contribution in [0, 0.1) is 0 Å². The number of hydrogen-bond acceptors (Lipinski definition) is 7. The normalized spacial score (nSPS) is 22.8. The van der Waals surface area contributed by atoms with E-state index in [1.54, 1.807) is 0 Å². The number of rotatable bonds is 3. The van der Waals surface area contributed by atoms with E-state index >= 15 is 0 Å². The van der Waals surface area contributed by atoms with Gasteiger partial charge in [0.2, 0.25) is 5.95 Å². The van der Waals surface area contributed by atoms with Crippen molar-refractivity contribution in [1.29, 1.82) is 0 Å². The van der Waals surface area contributed by atoms with Crippen LogP contribution in [-0.4, -0.2) is 47.6 Å². The summed E-state index contributed by atoms with van der Waals surface area (Å²) < 4.78 is 0. The monoisotopic (exact) mass is 351 g/mol. The van der Waals surface area contributed by atoms with Crippen LogP contribution in [0.25, 0.3) is 0 Å². The van der Waals surface area contributed by atoms with Crippen LogP contribution in [0.5, 0.6) is 0 Å². The fourth-order valence-corrected chi connectivity index (χ4v) is 4.15. The summed E-state index contributed by atoms with van der Waals surface area (Å²) in [7, 11) is 2.18. The number of likely N-dealkylation sites (tertiary alicyclic amines) is 1. The molecular weight excluding hydrogens is 326 g/mol. The van der Waals surface area contributed by atoms with Crippen LogP contribution in [0.3, 0.4) is 0 Å². The fourth-order valence-electron chi connectivity index (χ4n) is 4.15. The Bertz CT molecular complexity index is 786. The van der Waals surface area contributed by atoms with E-state index < -0.39 is 0 Å². The Labute approximate surface area is 153 Å². The maximum atomic E-state index is 4.95. The van der Waals surface area contributed by atoms with Crippen LogP contribution in [0.2, 0.25) is 0 Å². The zero-order valence-electron chi connectivity index (χ0n) is 15.1. The number of benzene rings is 1. The van der Waals surface area contributed by atoms with Crippen LogP contribution in [0.1, 0.15) is 30.9 Å². The molecule has 3 aliphatic rings. The summed E-state index contributed by atoms with van der Waals surface area (Å²) in [5.74, 6) is 2.66. The Morgan fingerprint density at radius 3 is 2.65 bits per heavy atom. The lowest BCUT2D eigenvalue weighted by Crippen LogP contribution is -2.37. The molecule has 3 N–H and O–H groups in total. The van der Waals surface area contributed by atoms with Gasteiger partial charge in [0, 0.05) is 18.3 Å². The molecule has 4 heterocycles. The van der Waals surface area contributed by atoms with Gasteiger partial charge >= 0.3 is 0 Å². The third-order valence-corrected chi connectivity index (χ3v) is 5.66. The van der Waals surface area contributed by atoms with Crippen LogP contribution in [0.4, 0.5) is 23.3 Å². The summed E-state index contributed by atoms with van der Waals surface area (Å²) in [5.41, 5.74) is 8.99. The van der Waals surface area contributed by atoms with Crippen molar-refractivity contribution in [3.05, 3.63) is 35.9 Å². The van der Waals surface area contributed by atoms with E-state index in [1.807, 2.05) is 0 Å². The first-order valence-electron chi connectivity index (χ1n) is 9.49. The zero-order valence-corrected chi connectivity index (χ0v) is 15.1. The SMILES string of the molecule is CN1CCC(Nc2nc3c4c(n2)N(c2ccccc2)CCC4NN3)CC1. The molecule has 0 aliphatic carbocycles. The van der Waals surface area contributed by atoms with Gasteiger partial charge in [0.05, 0.1) is 11.6 Å². The van der Waals surface area contributed by atoms with Crippen molar-refractivity contribution in [2.75, 3.05) is 42.3 Å². The van der Waals surface area contributed by atoms with E-state index in [-0.39, 0.29) is 6.04 Å². The molecule has 7 nitrogen and oxygen atoms in total. The fraction of sp³-hybridized carbons (Fsp3) is 0.474. The second-order valence-corrected chi connectivity index (χ2v) is 7.45. The largest absolute Gasteiger partial charge is 0.351 e. The van der Waals surface area contributed by atoms with E-state index in [0.717, 1.165) is 56.5 Å². The predicted molar refractivity (Wildman–Crippen MR) is 104 cm³/mol. The lowest BCUT2D eigenvalue weighted by Gasteiger charge is -2.33. The molecule has 1 aromatic heterocycles. The number of hydrazine groups is 1. The van der Waals surface area contributed by atoms with Gasteiger partial charge < -0.3 is 20.5 Å². The minimum Gasteiger partial charge on any atom is -0.351 e. The van der Waals surface area contributed by atoms with Crippen molar-refractivity contribution in [3.8, 4) is 0 Å². The van der Waals surface area contributed by atoms with Crippen molar-refractivity contribution >= 4 is 23.3 Å². The van der Waals surface area contributed by atoms with Crippen LogP contribution in [-0.2, 0) is 0 Å². The first-order chi connectivity index (χ1) is 12.8. The molecule has 0 amide bonds. The topological polar surface area (TPSA) is 68.3 Å². The molecule has 136 valence electrons. The molecule has 0 spiro atoms. The van der Waals surface area contributed by atoms with Gasteiger partial charge in [-0.15, -0.1) is 0 Å². The van der Waals surface area contributed by atoms with Gasteiger partial charge in [0.15, 0.2) is 5.82 Å². The van der Waals surface area contributed by atoms with Crippen molar-refractivity contribution in [2.24, 2.45) is 0 Å². The summed E-state index contributed by atoms with van der Waals surface area (Å²) >= 11 is 0. The Balaban J connectivity index is 1.48. The molecule has 5 rings (SSSR count). The van der Waals surface area contributed by atoms with Crippen molar-refractivity contribution in [3.63, 3.8) is 0 Å². The maximum Gasteiger partial charge on any atom is 0.226 e. The number of para-hydroxylation sites is 1. The summed E-state index contributed by atoms with van der Waals surface area (Å²) in [4.78, 5) is 14.4. The molecule has 3 aliphatic heterocycles. The molecule has 1 saturated heterocycles. The molecule has 2 aromatic rings. The molecular formula is C19H25N7. The van der Waals surface area contributed by atoms with Gasteiger partial charge in [0.25, 0.3) is 0 Å². The van der Waals surface area contributed by atoms with Crippen LogP contribution in [0.15, 0.2) is 30.3 Å². The Morgan fingerprint density at radius 2 is 1.85 bits per heavy atom. The predicted octanol–water partition coefficient (Wildman–Crippen LogP) is 2.50. The third kappa shape index (κ3) is 2.77. The minimum atomic E-state index is 0.289. The molecule has 1 atom stereocenters. The molecule has 0 bridgehead atoms. The third-order valence-electron chi connectivity index (χ3n) is 5.66. The first-order valence-corrected chi connectivity index (χ1v) is 9.49. The molecule has 0 saturated carbocycles. The molecule has 7 heteroatoms. The van der Waals surface area contributed by atoms with Crippen LogP contribution < -0.4 is 21.1 Å². The Morgan fingerprint density at radius 1 is 1.04 bits per heavy atom. The second-order valence-electron chi connectivity index (χ2n) is 7.45. The van der Waals surface area contributed by atoms with Gasteiger partial charge in [-0.25, -0.2) is 5.43 Å². The number of nitrogens with one attached hydrogen (secondary N) is 3. The highest BCUT2D eigenvalue weighted by Gasteiger charge is 2.35. The van der Waals surface area contributed by atoms with Gasteiger partial charge in [-0.1, -0.05) is 18.2 Å². The number of piperidine rings is 1. The van der Waals surface area contributed by atoms with Gasteiger partial charge in [-0.05, 0) is 51.5 Å². The van der Waals surface area contributed by atoms with Crippen molar-refractivity contribution in [1.82, 2.24) is 20.3 Å². The number of nitrogens with zero attached hydrogens (tertiary/aromatic N) is 4. The first kappa shape index (κ1) is 15.8. The van der Waals surface area contributed by atoms with Crippen LogP contribution >= 0.6 is 0 Å². The zero-order chi connectivity index (χ0) is 17.5. The average molecular weight is 351 g/mol. The van der Waals surface area contributed by atoms with Gasteiger partial charge in [-0.2, -0.15) is 9.97 Å². The smallest absolute Gasteiger partial charge is 0.226 e. The Kier molecular flexibility index (Phi) is 3.90. The van der Waals surface area contributed by atoms with E-state index in [4.69, 9.17) is 9.97 Å². The average Bonchev–Trinajstić information content (AvgIpc) is 3.09. The van der Waals surface area contributed by atoms with Gasteiger partial charge in [0.1, 0.15) is 5.82 Å². The number of aromatic nitrogens is 2. The highest BCUT2D eigenvalue weighted by Crippen LogP contribution is 2.43. The summed E-state index contributed by atoms with van der Waals surface area (Å²) in [6.07, 6.45) is 3.29. The Hall–Kier alpha value is -2.38. The van der Waals surface area contributed by atoms with E-state index in [2.05, 4.69) is 63.3 Å². The second kappa shape index (κ2) is 6.41. The minimum absolute atomic E-state index is 0.289. The van der Waals surface area contributed by atoms with Crippen molar-refractivity contribution < 1.29 is 0 Å². The van der Waals surface area contributed by atoms with Gasteiger partial charge in [-0.3, -0.25) is 0 Å². The standard InChI is InChI=1S/C19H25N7/c1-25-10-7-13(8-11-25)20-19-21-17-16-15(23-24-17)9-12-26(18(16)22-19)14-5-3-2-4-6-14/h2-6,13,15,23H,7-12H2,1H3,(H2,20,21,22,24). The number of hydrogen-bond donors (Lipinski definition) is 3. The quantitative estimate of drug-likeness (QED) is 0.785. The maximum absolute atomic E-state index is 4.95. The molecule has 26 heavy (non-hydrogen) atoms.